The molecule has 0 unspecified atom stereocenters. The monoisotopic (exact) mass is 188 g/mol. The molecule has 1 aromatic carbocycles. The van der Waals surface area contributed by atoms with E-state index >= 15 is 0 Å². The number of anilines is 2. The Morgan fingerprint density at radius 3 is 3.07 bits per heavy atom. The molecule has 1 heterocycles. The van der Waals surface area contributed by atoms with Gasteiger partial charge in [0.2, 0.25) is 5.95 Å². The molecule has 0 atom stereocenters. The highest BCUT2D eigenvalue weighted by molar-refractivity contribution is 5.80. The standard InChI is InChI=1S/C10H12N4/c11-6-1-4-8-9(5-6)14-10(13-8)12-7-2-3-7/h1,4-5,7H,2-3,11H2,(H2,12,13,14). The van der Waals surface area contributed by atoms with E-state index in [1.54, 1.807) is 0 Å². The molecule has 4 heteroatoms. The van der Waals surface area contributed by atoms with Crippen LogP contribution >= 0.6 is 0 Å². The molecule has 0 aliphatic heterocycles. The van der Waals surface area contributed by atoms with Gasteiger partial charge in [-0.05, 0) is 31.0 Å². The summed E-state index contributed by atoms with van der Waals surface area (Å²) in [5.74, 6) is 0.855. The minimum absolute atomic E-state index is 0.618. The molecule has 2 aromatic rings. The molecule has 4 N–H and O–H groups in total. The Balaban J connectivity index is 2.01. The average molecular weight is 188 g/mol. The lowest BCUT2D eigenvalue weighted by atomic mass is 10.3. The van der Waals surface area contributed by atoms with Gasteiger partial charge in [0.1, 0.15) is 0 Å². The zero-order chi connectivity index (χ0) is 9.54. The van der Waals surface area contributed by atoms with Crippen LogP contribution in [-0.4, -0.2) is 16.0 Å². The number of nitrogens with one attached hydrogen (secondary N) is 2. The van der Waals surface area contributed by atoms with Crippen LogP contribution in [0.15, 0.2) is 18.2 Å². The van der Waals surface area contributed by atoms with Gasteiger partial charge in [-0.2, -0.15) is 0 Å². The molecule has 1 aliphatic carbocycles. The van der Waals surface area contributed by atoms with Gasteiger partial charge in [-0.3, -0.25) is 0 Å². The highest BCUT2D eigenvalue weighted by atomic mass is 15.1. The Morgan fingerprint density at radius 2 is 2.29 bits per heavy atom. The smallest absolute Gasteiger partial charge is 0.201 e. The van der Waals surface area contributed by atoms with Crippen LogP contribution in [0.5, 0.6) is 0 Å². The van der Waals surface area contributed by atoms with Crippen LogP contribution in [0.3, 0.4) is 0 Å². The minimum atomic E-state index is 0.618. The Kier molecular flexibility index (Phi) is 1.45. The number of fused-ring (bicyclic) bond motifs is 1. The third kappa shape index (κ3) is 1.28. The maximum Gasteiger partial charge on any atom is 0.201 e. The van der Waals surface area contributed by atoms with E-state index in [1.807, 2.05) is 18.2 Å². The van der Waals surface area contributed by atoms with Crippen LogP contribution in [0.1, 0.15) is 12.8 Å². The predicted octanol–water partition coefficient (Wildman–Crippen LogP) is 1.72. The van der Waals surface area contributed by atoms with E-state index in [4.69, 9.17) is 5.73 Å². The van der Waals surface area contributed by atoms with E-state index in [9.17, 15) is 0 Å². The third-order valence-corrected chi connectivity index (χ3v) is 2.42. The summed E-state index contributed by atoms with van der Waals surface area (Å²) in [6, 6.07) is 6.32. The first-order valence-corrected chi connectivity index (χ1v) is 4.83. The number of aromatic nitrogens is 2. The first kappa shape index (κ1) is 7.67. The van der Waals surface area contributed by atoms with Crippen LogP contribution in [-0.2, 0) is 0 Å². The van der Waals surface area contributed by atoms with Gasteiger partial charge in [-0.25, -0.2) is 4.98 Å². The summed E-state index contributed by atoms with van der Waals surface area (Å²) in [5, 5.41) is 3.32. The fourth-order valence-electron chi connectivity index (χ4n) is 1.52. The van der Waals surface area contributed by atoms with Crippen molar-refractivity contribution in [1.29, 1.82) is 0 Å². The topological polar surface area (TPSA) is 66.7 Å². The highest BCUT2D eigenvalue weighted by Crippen LogP contribution is 2.24. The first-order valence-electron chi connectivity index (χ1n) is 4.83. The predicted molar refractivity (Wildman–Crippen MR) is 57.2 cm³/mol. The van der Waals surface area contributed by atoms with Crippen molar-refractivity contribution in [2.24, 2.45) is 0 Å². The maximum absolute atomic E-state index is 5.68. The second kappa shape index (κ2) is 2.64. The molecular weight excluding hydrogens is 176 g/mol. The van der Waals surface area contributed by atoms with Gasteiger partial charge in [-0.1, -0.05) is 0 Å². The molecule has 0 radical (unpaired) electrons. The number of aromatic amines is 1. The molecule has 1 aromatic heterocycles. The molecule has 72 valence electrons. The second-order valence-electron chi connectivity index (χ2n) is 3.78. The van der Waals surface area contributed by atoms with Crippen LogP contribution < -0.4 is 11.1 Å². The van der Waals surface area contributed by atoms with E-state index in [-0.39, 0.29) is 0 Å². The van der Waals surface area contributed by atoms with Gasteiger partial charge in [0.15, 0.2) is 0 Å². The summed E-state index contributed by atoms with van der Waals surface area (Å²) in [5.41, 5.74) is 8.40. The second-order valence-corrected chi connectivity index (χ2v) is 3.78. The molecule has 1 saturated carbocycles. The van der Waals surface area contributed by atoms with Crippen molar-refractivity contribution in [3.05, 3.63) is 18.2 Å². The third-order valence-electron chi connectivity index (χ3n) is 2.42. The highest BCUT2D eigenvalue weighted by Gasteiger charge is 2.21. The van der Waals surface area contributed by atoms with Crippen molar-refractivity contribution in [3.8, 4) is 0 Å². The van der Waals surface area contributed by atoms with Crippen molar-refractivity contribution in [1.82, 2.24) is 9.97 Å². The van der Waals surface area contributed by atoms with Crippen molar-refractivity contribution in [2.45, 2.75) is 18.9 Å². The molecular formula is C10H12N4. The molecule has 14 heavy (non-hydrogen) atoms. The lowest BCUT2D eigenvalue weighted by Crippen LogP contribution is -2.01. The summed E-state index contributed by atoms with van der Waals surface area (Å²) in [6.07, 6.45) is 2.50. The quantitative estimate of drug-likeness (QED) is 0.628. The van der Waals surface area contributed by atoms with Crippen molar-refractivity contribution >= 4 is 22.7 Å². The number of imidazole rings is 1. The van der Waals surface area contributed by atoms with Crippen molar-refractivity contribution in [3.63, 3.8) is 0 Å². The largest absolute Gasteiger partial charge is 0.399 e. The maximum atomic E-state index is 5.68. The SMILES string of the molecule is Nc1ccc2nc(NC3CC3)[nH]c2c1. The lowest BCUT2D eigenvalue weighted by Gasteiger charge is -1.95. The van der Waals surface area contributed by atoms with Crippen LogP contribution in [0, 0.1) is 0 Å². The number of nitrogen functional groups attached to an aromatic ring is 1. The summed E-state index contributed by atoms with van der Waals surface area (Å²) in [7, 11) is 0. The van der Waals surface area contributed by atoms with E-state index in [1.165, 1.54) is 12.8 Å². The van der Waals surface area contributed by atoms with Crippen molar-refractivity contribution < 1.29 is 0 Å². The molecule has 0 spiro atoms. The number of hydrogen-bond donors (Lipinski definition) is 3. The Hall–Kier alpha value is -1.71. The number of hydrogen-bond acceptors (Lipinski definition) is 3. The molecule has 0 saturated heterocycles. The summed E-state index contributed by atoms with van der Waals surface area (Å²) in [6.45, 7) is 0. The lowest BCUT2D eigenvalue weighted by molar-refractivity contribution is 1.10. The van der Waals surface area contributed by atoms with E-state index in [2.05, 4.69) is 15.3 Å². The summed E-state index contributed by atoms with van der Waals surface area (Å²) in [4.78, 5) is 7.62. The van der Waals surface area contributed by atoms with Gasteiger partial charge < -0.3 is 16.0 Å². The average Bonchev–Trinajstić information content (AvgIpc) is 2.84. The van der Waals surface area contributed by atoms with E-state index < -0.39 is 0 Å². The minimum Gasteiger partial charge on any atom is -0.399 e. The number of benzene rings is 1. The molecule has 3 rings (SSSR count). The Labute approximate surface area is 81.5 Å². The first-order chi connectivity index (χ1) is 6.81. The van der Waals surface area contributed by atoms with E-state index in [0.29, 0.717) is 6.04 Å². The number of H-pyrrole nitrogens is 1. The number of nitrogens with two attached hydrogens (primary N) is 1. The number of nitrogens with zero attached hydrogens (tertiary/aromatic N) is 1. The van der Waals surface area contributed by atoms with Crippen LogP contribution in [0.2, 0.25) is 0 Å². The zero-order valence-corrected chi connectivity index (χ0v) is 7.75. The summed E-state index contributed by atoms with van der Waals surface area (Å²) < 4.78 is 0. The fourth-order valence-corrected chi connectivity index (χ4v) is 1.52. The van der Waals surface area contributed by atoms with Crippen LogP contribution in [0.4, 0.5) is 11.6 Å². The Bertz CT molecular complexity index is 470. The van der Waals surface area contributed by atoms with Gasteiger partial charge in [-0.15, -0.1) is 0 Å². The van der Waals surface area contributed by atoms with E-state index in [0.717, 1.165) is 22.7 Å². The fraction of sp³-hybridized carbons (Fsp3) is 0.300. The molecule has 1 aliphatic rings. The number of rotatable bonds is 2. The summed E-state index contributed by atoms with van der Waals surface area (Å²) >= 11 is 0. The van der Waals surface area contributed by atoms with Crippen LogP contribution in [0.25, 0.3) is 11.0 Å². The van der Waals surface area contributed by atoms with Gasteiger partial charge in [0.25, 0.3) is 0 Å². The molecule has 0 amide bonds. The normalized spacial score (nSPS) is 16.0. The van der Waals surface area contributed by atoms with Gasteiger partial charge >= 0.3 is 0 Å². The van der Waals surface area contributed by atoms with Crippen molar-refractivity contribution in [2.75, 3.05) is 11.1 Å². The molecule has 1 fully saturated rings. The van der Waals surface area contributed by atoms with Gasteiger partial charge in [0, 0.05) is 11.7 Å². The zero-order valence-electron chi connectivity index (χ0n) is 7.75. The molecule has 4 nitrogen and oxygen atoms in total. The molecule has 0 bridgehead atoms. The Morgan fingerprint density at radius 1 is 1.43 bits per heavy atom. The van der Waals surface area contributed by atoms with Gasteiger partial charge in [0.05, 0.1) is 11.0 Å².